The second-order valence-electron chi connectivity index (χ2n) is 8.06. The van der Waals surface area contributed by atoms with Gasteiger partial charge in [0.1, 0.15) is 6.04 Å². The second-order valence-corrected chi connectivity index (χ2v) is 8.06. The molecule has 3 unspecified atom stereocenters. The number of para-hydroxylation sites is 2. The van der Waals surface area contributed by atoms with E-state index in [4.69, 9.17) is 9.26 Å². The fraction of sp³-hybridized carbons (Fsp3) is 0.524. The number of likely N-dealkylation sites (N-methyl/N-ethyl adjacent to an activating group) is 1. The number of amides is 1. The summed E-state index contributed by atoms with van der Waals surface area (Å²) >= 11 is 0. The summed E-state index contributed by atoms with van der Waals surface area (Å²) in [7, 11) is 3.76. The second kappa shape index (κ2) is 7.81. The molecule has 2 aromatic rings. The Morgan fingerprint density at radius 3 is 2.87 bits per heavy atom. The number of methoxy groups -OCH3 is 1. The van der Waals surface area contributed by atoms with Gasteiger partial charge in [0.15, 0.2) is 11.9 Å². The Hall–Kier alpha value is -2.78. The van der Waals surface area contributed by atoms with Crippen LogP contribution in [0.25, 0.3) is 0 Å². The summed E-state index contributed by atoms with van der Waals surface area (Å²) in [5, 5.41) is 4.18. The fourth-order valence-electron chi connectivity index (χ4n) is 4.63. The van der Waals surface area contributed by atoms with E-state index in [2.05, 4.69) is 27.1 Å². The van der Waals surface area contributed by atoms with Crippen LogP contribution in [0, 0.1) is 0 Å². The van der Waals surface area contributed by atoms with Crippen molar-refractivity contribution in [1.29, 1.82) is 0 Å². The molecule has 9 nitrogen and oxygen atoms in total. The molecule has 4 heterocycles. The Balaban J connectivity index is 1.41. The predicted octanol–water partition coefficient (Wildman–Crippen LogP) is 1.66. The van der Waals surface area contributed by atoms with Crippen LogP contribution in [0.4, 0.5) is 11.4 Å². The van der Waals surface area contributed by atoms with E-state index in [1.807, 2.05) is 29.2 Å². The summed E-state index contributed by atoms with van der Waals surface area (Å²) in [5.74, 6) is 1.04. The molecular formula is C21H26N6O3. The standard InChI is InChI=1S/C21H26N6O3/c1-25-9-5-6-14(25)12-17-23-20(30-24-17)18-19-21(28)26(10-11-29-2)15-7-3-4-8-16(15)27(19)13-22-18/h3-4,7-8,13-14,18-19H,5-6,9-12H2,1-2H3. The van der Waals surface area contributed by atoms with Gasteiger partial charge >= 0.3 is 0 Å². The number of ether oxygens (including phenoxy) is 1. The van der Waals surface area contributed by atoms with Crippen molar-refractivity contribution in [3.05, 3.63) is 36.0 Å². The Morgan fingerprint density at radius 2 is 2.10 bits per heavy atom. The summed E-state index contributed by atoms with van der Waals surface area (Å²) in [6.45, 7) is 2.04. The third kappa shape index (κ3) is 3.18. The zero-order chi connectivity index (χ0) is 20.7. The normalized spacial score (nSPS) is 25.8. The van der Waals surface area contributed by atoms with E-state index in [9.17, 15) is 4.79 Å². The van der Waals surface area contributed by atoms with Gasteiger partial charge in [-0.25, -0.2) is 0 Å². The number of fused-ring (bicyclic) bond motifs is 3. The van der Waals surface area contributed by atoms with Crippen molar-refractivity contribution in [2.75, 3.05) is 43.7 Å². The number of aliphatic imine (C=N–C) groups is 1. The third-order valence-electron chi connectivity index (χ3n) is 6.27. The van der Waals surface area contributed by atoms with Gasteiger partial charge < -0.3 is 24.0 Å². The number of rotatable bonds is 6. The van der Waals surface area contributed by atoms with Gasteiger partial charge in [0.05, 0.1) is 24.3 Å². The molecule has 9 heteroatoms. The number of aromatic nitrogens is 2. The van der Waals surface area contributed by atoms with Gasteiger partial charge in [-0.3, -0.25) is 9.79 Å². The molecule has 1 amide bonds. The number of likely N-dealkylation sites (tertiary alicyclic amines) is 1. The Morgan fingerprint density at radius 1 is 1.27 bits per heavy atom. The van der Waals surface area contributed by atoms with Crippen molar-refractivity contribution in [2.45, 2.75) is 37.4 Å². The largest absolute Gasteiger partial charge is 0.383 e. The molecule has 3 aliphatic heterocycles. The Kier molecular flexibility index (Phi) is 5.00. The average Bonchev–Trinajstić information content (AvgIpc) is 3.49. The molecule has 0 spiro atoms. The van der Waals surface area contributed by atoms with Crippen molar-refractivity contribution in [3.63, 3.8) is 0 Å². The van der Waals surface area contributed by atoms with Crippen LogP contribution in [0.3, 0.4) is 0 Å². The minimum Gasteiger partial charge on any atom is -0.383 e. The molecule has 5 rings (SSSR count). The van der Waals surface area contributed by atoms with E-state index in [0.717, 1.165) is 30.8 Å². The van der Waals surface area contributed by atoms with Gasteiger partial charge in [-0.15, -0.1) is 0 Å². The first kappa shape index (κ1) is 19.2. The van der Waals surface area contributed by atoms with Crippen LogP contribution in [0.5, 0.6) is 0 Å². The van der Waals surface area contributed by atoms with Crippen LogP contribution < -0.4 is 9.80 Å². The first-order valence-electron chi connectivity index (χ1n) is 10.4. The number of hydrogen-bond donors (Lipinski definition) is 0. The molecule has 0 aliphatic carbocycles. The number of benzene rings is 1. The summed E-state index contributed by atoms with van der Waals surface area (Å²) in [4.78, 5) is 28.7. The summed E-state index contributed by atoms with van der Waals surface area (Å²) < 4.78 is 10.8. The lowest BCUT2D eigenvalue weighted by molar-refractivity contribution is -0.120. The fourth-order valence-corrected chi connectivity index (χ4v) is 4.63. The van der Waals surface area contributed by atoms with Gasteiger partial charge in [0, 0.05) is 26.1 Å². The lowest BCUT2D eigenvalue weighted by Gasteiger charge is -2.39. The number of carbonyl (C=O) groups excluding carboxylic acids is 1. The van der Waals surface area contributed by atoms with E-state index in [1.54, 1.807) is 18.3 Å². The summed E-state index contributed by atoms with van der Waals surface area (Å²) in [5.41, 5.74) is 1.80. The van der Waals surface area contributed by atoms with Crippen LogP contribution in [0.15, 0.2) is 33.8 Å². The van der Waals surface area contributed by atoms with Crippen molar-refractivity contribution < 1.29 is 14.1 Å². The summed E-state index contributed by atoms with van der Waals surface area (Å²) in [6.07, 6.45) is 4.80. The SMILES string of the molecule is COCCN1C(=O)C2C(c3nc(CC4CCCN4C)no3)N=CN2c2ccccc21. The lowest BCUT2D eigenvalue weighted by atomic mass is 10.0. The zero-order valence-corrected chi connectivity index (χ0v) is 17.3. The maximum Gasteiger partial charge on any atom is 0.254 e. The van der Waals surface area contributed by atoms with Crippen molar-refractivity contribution in [2.24, 2.45) is 4.99 Å². The maximum atomic E-state index is 13.4. The minimum atomic E-state index is -0.529. The first-order chi connectivity index (χ1) is 14.7. The van der Waals surface area contributed by atoms with Crippen LogP contribution in [-0.2, 0) is 16.0 Å². The highest BCUT2D eigenvalue weighted by atomic mass is 16.5. The molecule has 0 radical (unpaired) electrons. The van der Waals surface area contributed by atoms with Gasteiger partial charge in [-0.1, -0.05) is 17.3 Å². The summed E-state index contributed by atoms with van der Waals surface area (Å²) in [6, 6.07) is 7.23. The number of hydrogen-bond acceptors (Lipinski definition) is 8. The van der Waals surface area contributed by atoms with E-state index >= 15 is 0 Å². The molecule has 3 aliphatic rings. The number of nitrogens with zero attached hydrogens (tertiary/aromatic N) is 6. The van der Waals surface area contributed by atoms with Crippen LogP contribution in [0.2, 0.25) is 0 Å². The molecule has 0 bridgehead atoms. The third-order valence-corrected chi connectivity index (χ3v) is 6.27. The van der Waals surface area contributed by atoms with Gasteiger partial charge in [-0.05, 0) is 38.6 Å². The van der Waals surface area contributed by atoms with Crippen molar-refractivity contribution >= 4 is 23.6 Å². The highest BCUT2D eigenvalue weighted by molar-refractivity contribution is 6.11. The quantitative estimate of drug-likeness (QED) is 0.716. The monoisotopic (exact) mass is 410 g/mol. The van der Waals surface area contributed by atoms with E-state index < -0.39 is 12.1 Å². The van der Waals surface area contributed by atoms with Gasteiger partial charge in [-0.2, -0.15) is 4.98 Å². The highest BCUT2D eigenvalue weighted by Gasteiger charge is 2.47. The van der Waals surface area contributed by atoms with Gasteiger partial charge in [0.25, 0.3) is 11.8 Å². The number of anilines is 2. The molecule has 1 saturated heterocycles. The average molecular weight is 410 g/mol. The topological polar surface area (TPSA) is 87.3 Å². The molecule has 1 aromatic carbocycles. The van der Waals surface area contributed by atoms with Crippen LogP contribution in [0.1, 0.15) is 30.6 Å². The molecule has 1 fully saturated rings. The van der Waals surface area contributed by atoms with E-state index in [-0.39, 0.29) is 5.91 Å². The lowest BCUT2D eigenvalue weighted by Crippen LogP contribution is -2.53. The molecular weight excluding hydrogens is 384 g/mol. The number of carbonyl (C=O) groups is 1. The Bertz CT molecular complexity index is 960. The highest BCUT2D eigenvalue weighted by Crippen LogP contribution is 2.42. The first-order valence-corrected chi connectivity index (χ1v) is 10.4. The Labute approximate surface area is 175 Å². The zero-order valence-electron chi connectivity index (χ0n) is 17.3. The van der Waals surface area contributed by atoms with Crippen LogP contribution in [-0.4, -0.2) is 73.2 Å². The van der Waals surface area contributed by atoms with Crippen molar-refractivity contribution in [3.8, 4) is 0 Å². The molecule has 158 valence electrons. The molecule has 30 heavy (non-hydrogen) atoms. The van der Waals surface area contributed by atoms with E-state index in [0.29, 0.717) is 30.9 Å². The predicted molar refractivity (Wildman–Crippen MR) is 112 cm³/mol. The van der Waals surface area contributed by atoms with Gasteiger partial charge in [0.2, 0.25) is 0 Å². The minimum absolute atomic E-state index is 0.0384. The smallest absolute Gasteiger partial charge is 0.254 e. The molecule has 0 saturated carbocycles. The molecule has 0 N–H and O–H groups in total. The van der Waals surface area contributed by atoms with E-state index in [1.165, 1.54) is 6.42 Å². The van der Waals surface area contributed by atoms with Crippen molar-refractivity contribution in [1.82, 2.24) is 15.0 Å². The maximum absolute atomic E-state index is 13.4. The van der Waals surface area contributed by atoms with Crippen LogP contribution >= 0.6 is 0 Å². The molecule has 1 aromatic heterocycles. The molecule has 3 atom stereocenters.